The Kier molecular flexibility index (Phi) is 6.22. The zero-order valence-corrected chi connectivity index (χ0v) is 14.3. The smallest absolute Gasteiger partial charge is 0.271 e. The lowest BCUT2D eigenvalue weighted by Gasteiger charge is -2.10. The average molecular weight is 344 g/mol. The molecule has 0 unspecified atom stereocenters. The third-order valence-electron chi connectivity index (χ3n) is 3.31. The Morgan fingerprint density at radius 3 is 2.56 bits per heavy atom. The summed E-state index contributed by atoms with van der Waals surface area (Å²) in [6.07, 6.45) is 1.45. The van der Waals surface area contributed by atoms with Crippen molar-refractivity contribution in [3.63, 3.8) is 0 Å². The molecule has 0 aliphatic heterocycles. The Morgan fingerprint density at radius 2 is 1.88 bits per heavy atom. The lowest BCUT2D eigenvalue weighted by atomic mass is 10.2. The zero-order chi connectivity index (χ0) is 18.2. The maximum absolute atomic E-state index is 12.2. The molecule has 7 heteroatoms. The lowest BCUT2D eigenvalue weighted by molar-refractivity contribution is 0.0954. The van der Waals surface area contributed by atoms with Crippen LogP contribution in [0.3, 0.4) is 0 Å². The number of hydrazone groups is 1. The van der Waals surface area contributed by atoms with Gasteiger partial charge in [0.15, 0.2) is 23.0 Å². The molecule has 0 fully saturated rings. The van der Waals surface area contributed by atoms with Crippen LogP contribution in [-0.4, -0.2) is 38.1 Å². The number of benzene rings is 2. The summed E-state index contributed by atoms with van der Waals surface area (Å²) in [6.45, 7) is 2.31. The van der Waals surface area contributed by atoms with Crippen molar-refractivity contribution in [2.24, 2.45) is 5.10 Å². The Bertz CT molecular complexity index is 774. The van der Waals surface area contributed by atoms with E-state index in [0.29, 0.717) is 35.0 Å². The topological polar surface area (TPSA) is 89.4 Å². The van der Waals surface area contributed by atoms with Gasteiger partial charge in [-0.15, -0.1) is 0 Å². The van der Waals surface area contributed by atoms with Crippen molar-refractivity contribution in [3.8, 4) is 23.0 Å². The molecule has 25 heavy (non-hydrogen) atoms. The summed E-state index contributed by atoms with van der Waals surface area (Å²) in [7, 11) is 2.99. The van der Waals surface area contributed by atoms with Gasteiger partial charge in [-0.25, -0.2) is 5.43 Å². The van der Waals surface area contributed by atoms with Gasteiger partial charge in [-0.1, -0.05) is 0 Å². The maximum Gasteiger partial charge on any atom is 0.271 e. The molecule has 0 saturated heterocycles. The average Bonchev–Trinajstić information content (AvgIpc) is 2.63. The van der Waals surface area contributed by atoms with Crippen LogP contribution >= 0.6 is 0 Å². The highest BCUT2D eigenvalue weighted by molar-refractivity contribution is 5.95. The number of aromatic hydroxyl groups is 1. The van der Waals surface area contributed by atoms with Crippen LogP contribution in [0.25, 0.3) is 0 Å². The molecule has 1 amide bonds. The Labute approximate surface area is 145 Å². The first-order chi connectivity index (χ1) is 12.1. The second-order valence-electron chi connectivity index (χ2n) is 4.93. The van der Waals surface area contributed by atoms with Gasteiger partial charge in [0.2, 0.25) is 0 Å². The fraction of sp³-hybridized carbons (Fsp3) is 0.222. The van der Waals surface area contributed by atoms with Gasteiger partial charge in [0.05, 0.1) is 27.0 Å². The van der Waals surface area contributed by atoms with Crippen LogP contribution in [-0.2, 0) is 0 Å². The van der Waals surface area contributed by atoms with Crippen LogP contribution in [0.1, 0.15) is 22.8 Å². The van der Waals surface area contributed by atoms with E-state index in [1.807, 2.05) is 6.92 Å². The molecule has 2 N–H and O–H groups in total. The Morgan fingerprint density at radius 1 is 1.12 bits per heavy atom. The zero-order valence-electron chi connectivity index (χ0n) is 14.3. The summed E-state index contributed by atoms with van der Waals surface area (Å²) in [4.78, 5) is 12.2. The molecule has 0 bridgehead atoms. The van der Waals surface area contributed by atoms with Gasteiger partial charge in [0.25, 0.3) is 5.91 Å². The molecule has 0 saturated carbocycles. The van der Waals surface area contributed by atoms with E-state index in [4.69, 9.17) is 14.2 Å². The molecule has 0 aromatic heterocycles. The standard InChI is InChI=1S/C18H20N2O5/c1-4-25-17-10-13(6-8-15(17)23-2)18(22)20-19-11-12-5-7-14(21)16(9-12)24-3/h5-11,21H,4H2,1-3H3,(H,20,22)/b19-11+. The number of hydrogen-bond acceptors (Lipinski definition) is 6. The lowest BCUT2D eigenvalue weighted by Crippen LogP contribution is -2.17. The van der Waals surface area contributed by atoms with E-state index in [1.165, 1.54) is 26.5 Å². The minimum atomic E-state index is -0.384. The first-order valence-corrected chi connectivity index (χ1v) is 7.60. The van der Waals surface area contributed by atoms with E-state index in [0.717, 1.165) is 0 Å². The fourth-order valence-electron chi connectivity index (χ4n) is 2.09. The molecular weight excluding hydrogens is 324 g/mol. The van der Waals surface area contributed by atoms with Crippen LogP contribution in [0.5, 0.6) is 23.0 Å². The van der Waals surface area contributed by atoms with Crippen LogP contribution in [0, 0.1) is 0 Å². The molecule has 7 nitrogen and oxygen atoms in total. The van der Waals surface area contributed by atoms with Crippen LogP contribution in [0.15, 0.2) is 41.5 Å². The number of nitrogens with one attached hydrogen (secondary N) is 1. The molecule has 0 atom stereocenters. The summed E-state index contributed by atoms with van der Waals surface area (Å²) < 4.78 is 15.6. The molecule has 2 rings (SSSR count). The third kappa shape index (κ3) is 4.63. The van der Waals surface area contributed by atoms with E-state index < -0.39 is 0 Å². The van der Waals surface area contributed by atoms with E-state index in [9.17, 15) is 9.90 Å². The highest BCUT2D eigenvalue weighted by atomic mass is 16.5. The van der Waals surface area contributed by atoms with Gasteiger partial charge in [-0.05, 0) is 48.9 Å². The monoisotopic (exact) mass is 344 g/mol. The number of amides is 1. The van der Waals surface area contributed by atoms with E-state index in [2.05, 4.69) is 10.5 Å². The quantitative estimate of drug-likeness (QED) is 0.595. The number of carbonyl (C=O) groups excluding carboxylic acids is 1. The minimum absolute atomic E-state index is 0.0328. The molecule has 0 heterocycles. The fourth-order valence-corrected chi connectivity index (χ4v) is 2.09. The van der Waals surface area contributed by atoms with Crippen LogP contribution in [0.2, 0.25) is 0 Å². The van der Waals surface area contributed by atoms with Crippen LogP contribution < -0.4 is 19.6 Å². The van der Waals surface area contributed by atoms with Crippen molar-refractivity contribution in [2.75, 3.05) is 20.8 Å². The number of nitrogens with zero attached hydrogens (tertiary/aromatic N) is 1. The van der Waals surface area contributed by atoms with Crippen molar-refractivity contribution in [1.29, 1.82) is 0 Å². The highest BCUT2D eigenvalue weighted by Crippen LogP contribution is 2.28. The summed E-state index contributed by atoms with van der Waals surface area (Å²) in [5.41, 5.74) is 3.50. The van der Waals surface area contributed by atoms with Crippen molar-refractivity contribution in [2.45, 2.75) is 6.92 Å². The SMILES string of the molecule is CCOc1cc(C(=O)N/N=C/c2ccc(O)c(OC)c2)ccc1OC. The van der Waals surface area contributed by atoms with Gasteiger partial charge in [0, 0.05) is 5.56 Å². The van der Waals surface area contributed by atoms with Gasteiger partial charge in [-0.2, -0.15) is 5.10 Å². The predicted octanol–water partition coefficient (Wildman–Crippen LogP) is 2.57. The number of rotatable bonds is 7. The second-order valence-corrected chi connectivity index (χ2v) is 4.93. The molecule has 0 radical (unpaired) electrons. The molecular formula is C18H20N2O5. The highest BCUT2D eigenvalue weighted by Gasteiger charge is 2.10. The molecule has 0 aliphatic rings. The van der Waals surface area contributed by atoms with Gasteiger partial charge >= 0.3 is 0 Å². The van der Waals surface area contributed by atoms with Gasteiger partial charge < -0.3 is 19.3 Å². The summed E-state index contributed by atoms with van der Waals surface area (Å²) >= 11 is 0. The van der Waals surface area contributed by atoms with E-state index in [1.54, 1.807) is 30.3 Å². The molecule has 132 valence electrons. The van der Waals surface area contributed by atoms with Crippen molar-refractivity contribution < 1.29 is 24.1 Å². The predicted molar refractivity (Wildman–Crippen MR) is 93.9 cm³/mol. The van der Waals surface area contributed by atoms with E-state index in [-0.39, 0.29) is 11.7 Å². The van der Waals surface area contributed by atoms with Crippen molar-refractivity contribution in [1.82, 2.24) is 5.43 Å². The minimum Gasteiger partial charge on any atom is -0.504 e. The van der Waals surface area contributed by atoms with Gasteiger partial charge in [0.1, 0.15) is 0 Å². The number of ether oxygens (including phenoxy) is 3. The summed E-state index contributed by atoms with van der Waals surface area (Å²) in [6, 6.07) is 9.61. The number of phenols is 1. The second kappa shape index (κ2) is 8.58. The van der Waals surface area contributed by atoms with Crippen molar-refractivity contribution >= 4 is 12.1 Å². The summed E-state index contributed by atoms with van der Waals surface area (Å²) in [5.74, 6) is 1.02. The third-order valence-corrected chi connectivity index (χ3v) is 3.31. The molecule has 2 aromatic rings. The Balaban J connectivity index is 2.08. The number of carbonyl (C=O) groups is 1. The molecule has 0 spiro atoms. The molecule has 0 aliphatic carbocycles. The summed E-state index contributed by atoms with van der Waals surface area (Å²) in [5, 5.41) is 13.5. The number of methoxy groups -OCH3 is 2. The van der Waals surface area contributed by atoms with E-state index >= 15 is 0 Å². The van der Waals surface area contributed by atoms with Crippen molar-refractivity contribution in [3.05, 3.63) is 47.5 Å². The first-order valence-electron chi connectivity index (χ1n) is 7.60. The largest absolute Gasteiger partial charge is 0.504 e. The number of phenolic OH excluding ortho intramolecular Hbond substituents is 1. The van der Waals surface area contributed by atoms with Crippen LogP contribution in [0.4, 0.5) is 0 Å². The Hall–Kier alpha value is -3.22. The van der Waals surface area contributed by atoms with Gasteiger partial charge in [-0.3, -0.25) is 4.79 Å². The maximum atomic E-state index is 12.2. The normalized spacial score (nSPS) is 10.5. The number of hydrogen-bond donors (Lipinski definition) is 2. The first kappa shape index (κ1) is 18.1. The molecule has 2 aromatic carbocycles.